The lowest BCUT2D eigenvalue weighted by Gasteiger charge is -2.22. The van der Waals surface area contributed by atoms with E-state index in [4.69, 9.17) is 11.6 Å². The van der Waals surface area contributed by atoms with E-state index in [9.17, 15) is 4.39 Å². The van der Waals surface area contributed by atoms with Crippen LogP contribution in [-0.2, 0) is 6.42 Å². The molecule has 0 amide bonds. The Bertz CT molecular complexity index is 337. The van der Waals surface area contributed by atoms with Crippen molar-refractivity contribution in [3.05, 3.63) is 34.6 Å². The highest BCUT2D eigenvalue weighted by Crippen LogP contribution is 2.23. The van der Waals surface area contributed by atoms with E-state index in [2.05, 4.69) is 19.2 Å². The van der Waals surface area contributed by atoms with Gasteiger partial charge in [-0.3, -0.25) is 0 Å². The molecule has 0 aliphatic rings. The second-order valence-corrected chi connectivity index (χ2v) is 4.58. The van der Waals surface area contributed by atoms with E-state index in [1.54, 1.807) is 6.07 Å². The molecule has 1 rings (SSSR count). The molecule has 0 spiro atoms. The number of hydrogen-bond acceptors (Lipinski definition) is 1. The molecule has 0 aliphatic carbocycles. The third-order valence-electron chi connectivity index (χ3n) is 3.07. The molecule has 0 radical (unpaired) electrons. The average molecular weight is 244 g/mol. The van der Waals surface area contributed by atoms with Gasteiger partial charge in [-0.1, -0.05) is 37.6 Å². The fourth-order valence-electron chi connectivity index (χ4n) is 2.09. The first-order valence-electron chi connectivity index (χ1n) is 5.70. The Morgan fingerprint density at radius 1 is 1.44 bits per heavy atom. The molecule has 1 aromatic rings. The number of hydrogen-bond donors (Lipinski definition) is 1. The Balaban J connectivity index is 2.76. The van der Waals surface area contributed by atoms with Gasteiger partial charge >= 0.3 is 0 Å². The minimum Gasteiger partial charge on any atom is -0.317 e. The quantitative estimate of drug-likeness (QED) is 0.832. The standard InChI is InChI=1S/C13H19ClFN/c1-4-12(16-3)9(2)8-10-6-5-7-11(15)13(10)14/h5-7,9,12,16H,4,8H2,1-3H3. The molecule has 2 atom stereocenters. The van der Waals surface area contributed by atoms with Crippen LogP contribution in [0.4, 0.5) is 4.39 Å². The Morgan fingerprint density at radius 2 is 2.12 bits per heavy atom. The van der Waals surface area contributed by atoms with Gasteiger partial charge in [0.25, 0.3) is 0 Å². The van der Waals surface area contributed by atoms with E-state index in [0.29, 0.717) is 12.0 Å². The van der Waals surface area contributed by atoms with Gasteiger partial charge in [-0.05, 0) is 37.4 Å². The van der Waals surface area contributed by atoms with Crippen LogP contribution in [0.3, 0.4) is 0 Å². The second kappa shape index (κ2) is 6.21. The van der Waals surface area contributed by atoms with Crippen molar-refractivity contribution in [1.82, 2.24) is 5.32 Å². The van der Waals surface area contributed by atoms with E-state index in [0.717, 1.165) is 18.4 Å². The first-order valence-corrected chi connectivity index (χ1v) is 6.08. The van der Waals surface area contributed by atoms with Gasteiger partial charge in [-0.15, -0.1) is 0 Å². The van der Waals surface area contributed by atoms with Gasteiger partial charge in [0.05, 0.1) is 5.02 Å². The Kier molecular flexibility index (Phi) is 5.23. The molecule has 0 aliphatic heterocycles. The summed E-state index contributed by atoms with van der Waals surface area (Å²) in [6.07, 6.45) is 1.86. The van der Waals surface area contributed by atoms with Crippen molar-refractivity contribution in [2.24, 2.45) is 5.92 Å². The fraction of sp³-hybridized carbons (Fsp3) is 0.538. The molecule has 3 heteroatoms. The zero-order valence-corrected chi connectivity index (χ0v) is 10.8. The van der Waals surface area contributed by atoms with Crippen molar-refractivity contribution >= 4 is 11.6 Å². The number of benzene rings is 1. The number of rotatable bonds is 5. The molecule has 90 valence electrons. The zero-order valence-electron chi connectivity index (χ0n) is 10.1. The van der Waals surface area contributed by atoms with Crippen LogP contribution < -0.4 is 5.32 Å². The summed E-state index contributed by atoms with van der Waals surface area (Å²) in [5, 5.41) is 3.53. The van der Waals surface area contributed by atoms with Crippen LogP contribution in [0.15, 0.2) is 18.2 Å². The minimum atomic E-state index is -0.330. The Hall–Kier alpha value is -0.600. The molecule has 1 N–H and O–H groups in total. The number of halogens is 2. The molecule has 0 heterocycles. The van der Waals surface area contributed by atoms with E-state index in [-0.39, 0.29) is 10.8 Å². The summed E-state index contributed by atoms with van der Waals surface area (Å²) >= 11 is 5.93. The lowest BCUT2D eigenvalue weighted by atomic mass is 9.92. The molecule has 1 nitrogen and oxygen atoms in total. The van der Waals surface area contributed by atoms with Crippen LogP contribution in [-0.4, -0.2) is 13.1 Å². The summed E-state index contributed by atoms with van der Waals surface area (Å²) in [5.74, 6) is 0.109. The predicted octanol–water partition coefficient (Wildman–Crippen LogP) is 3.66. The van der Waals surface area contributed by atoms with E-state index in [1.165, 1.54) is 6.07 Å². The highest BCUT2D eigenvalue weighted by molar-refractivity contribution is 6.31. The van der Waals surface area contributed by atoms with Crippen molar-refractivity contribution < 1.29 is 4.39 Å². The van der Waals surface area contributed by atoms with Gasteiger partial charge < -0.3 is 5.32 Å². The van der Waals surface area contributed by atoms with Gasteiger partial charge in [-0.2, -0.15) is 0 Å². The predicted molar refractivity (Wildman–Crippen MR) is 67.4 cm³/mol. The largest absolute Gasteiger partial charge is 0.317 e. The van der Waals surface area contributed by atoms with Crippen LogP contribution >= 0.6 is 11.6 Å². The van der Waals surface area contributed by atoms with Gasteiger partial charge in [-0.25, -0.2) is 4.39 Å². The summed E-state index contributed by atoms with van der Waals surface area (Å²) in [6.45, 7) is 4.30. The molecular formula is C13H19ClFN. The second-order valence-electron chi connectivity index (χ2n) is 4.20. The van der Waals surface area contributed by atoms with Crippen molar-refractivity contribution in [2.45, 2.75) is 32.7 Å². The molecule has 0 aromatic heterocycles. The highest BCUT2D eigenvalue weighted by atomic mass is 35.5. The molecular weight excluding hydrogens is 225 g/mol. The zero-order chi connectivity index (χ0) is 12.1. The van der Waals surface area contributed by atoms with Crippen LogP contribution in [0, 0.1) is 11.7 Å². The first kappa shape index (κ1) is 13.5. The molecule has 0 fully saturated rings. The smallest absolute Gasteiger partial charge is 0.142 e. The Morgan fingerprint density at radius 3 is 2.69 bits per heavy atom. The maximum atomic E-state index is 13.2. The maximum Gasteiger partial charge on any atom is 0.142 e. The third kappa shape index (κ3) is 3.19. The summed E-state index contributed by atoms with van der Waals surface area (Å²) in [5.41, 5.74) is 0.892. The van der Waals surface area contributed by atoms with E-state index in [1.807, 2.05) is 13.1 Å². The average Bonchev–Trinajstić information content (AvgIpc) is 2.26. The van der Waals surface area contributed by atoms with Gasteiger partial charge in [0.1, 0.15) is 5.82 Å². The minimum absolute atomic E-state index is 0.264. The van der Waals surface area contributed by atoms with E-state index >= 15 is 0 Å². The van der Waals surface area contributed by atoms with E-state index < -0.39 is 0 Å². The molecule has 0 saturated heterocycles. The lowest BCUT2D eigenvalue weighted by molar-refractivity contribution is 0.386. The summed E-state index contributed by atoms with van der Waals surface area (Å²) in [7, 11) is 1.96. The Labute approximate surface area is 102 Å². The van der Waals surface area contributed by atoms with Gasteiger partial charge in [0.2, 0.25) is 0 Å². The lowest BCUT2D eigenvalue weighted by Crippen LogP contribution is -2.32. The maximum absolute atomic E-state index is 13.2. The molecule has 16 heavy (non-hydrogen) atoms. The third-order valence-corrected chi connectivity index (χ3v) is 3.49. The normalized spacial score (nSPS) is 14.8. The van der Waals surface area contributed by atoms with Gasteiger partial charge in [0.15, 0.2) is 0 Å². The molecule has 0 bridgehead atoms. The monoisotopic (exact) mass is 243 g/mol. The van der Waals surface area contributed by atoms with Crippen LogP contribution in [0.5, 0.6) is 0 Å². The van der Waals surface area contributed by atoms with Crippen LogP contribution in [0.1, 0.15) is 25.8 Å². The molecule has 2 unspecified atom stereocenters. The van der Waals surface area contributed by atoms with Crippen molar-refractivity contribution in [2.75, 3.05) is 7.05 Å². The summed E-state index contributed by atoms with van der Waals surface area (Å²) in [6, 6.07) is 5.44. The fourth-order valence-corrected chi connectivity index (χ4v) is 2.29. The molecule has 1 aromatic carbocycles. The summed E-state index contributed by atoms with van der Waals surface area (Å²) < 4.78 is 13.2. The van der Waals surface area contributed by atoms with Crippen molar-refractivity contribution in [1.29, 1.82) is 0 Å². The van der Waals surface area contributed by atoms with Crippen molar-refractivity contribution in [3.63, 3.8) is 0 Å². The SMILES string of the molecule is CCC(NC)C(C)Cc1cccc(F)c1Cl. The van der Waals surface area contributed by atoms with Crippen LogP contribution in [0.25, 0.3) is 0 Å². The molecule has 0 saturated carbocycles. The summed E-state index contributed by atoms with van der Waals surface area (Å²) in [4.78, 5) is 0. The number of nitrogens with one attached hydrogen (secondary N) is 1. The van der Waals surface area contributed by atoms with Crippen LogP contribution in [0.2, 0.25) is 5.02 Å². The highest BCUT2D eigenvalue weighted by Gasteiger charge is 2.16. The van der Waals surface area contributed by atoms with Gasteiger partial charge in [0, 0.05) is 6.04 Å². The van der Waals surface area contributed by atoms with Crippen molar-refractivity contribution in [3.8, 4) is 0 Å². The topological polar surface area (TPSA) is 12.0 Å². The first-order chi connectivity index (χ1) is 7.60.